The predicted molar refractivity (Wildman–Crippen MR) is 38.0 cm³/mol. The Morgan fingerprint density at radius 1 is 1.55 bits per heavy atom. The maximum atomic E-state index is 11.0. The van der Waals surface area contributed by atoms with Crippen molar-refractivity contribution < 1.29 is 14.7 Å². The number of rotatable bonds is 4. The van der Waals surface area contributed by atoms with E-state index < -0.39 is 12.0 Å². The van der Waals surface area contributed by atoms with Gasteiger partial charge in [0, 0.05) is 12.3 Å². The van der Waals surface area contributed by atoms with Gasteiger partial charge in [0.15, 0.2) is 0 Å². The number of aliphatic carboxylic acids is 1. The SMILES string of the molecule is N[C@@H](CC(=O)C1CC1)C(=O)O. The molecule has 0 aliphatic heterocycles. The molecule has 0 radical (unpaired) electrons. The Morgan fingerprint density at radius 2 is 2.09 bits per heavy atom. The highest BCUT2D eigenvalue weighted by atomic mass is 16.4. The lowest BCUT2D eigenvalue weighted by Crippen LogP contribution is -2.32. The second kappa shape index (κ2) is 3.00. The molecule has 3 N–H and O–H groups in total. The maximum Gasteiger partial charge on any atom is 0.320 e. The molecule has 1 aliphatic carbocycles. The minimum atomic E-state index is -1.10. The zero-order valence-corrected chi connectivity index (χ0v) is 6.12. The van der Waals surface area contributed by atoms with Gasteiger partial charge in [-0.15, -0.1) is 0 Å². The molecule has 0 amide bonds. The highest BCUT2D eigenvalue weighted by Crippen LogP contribution is 2.30. The second-order valence-electron chi connectivity index (χ2n) is 2.89. The van der Waals surface area contributed by atoms with Crippen LogP contribution in [-0.2, 0) is 9.59 Å². The van der Waals surface area contributed by atoms with E-state index in [1.165, 1.54) is 0 Å². The lowest BCUT2D eigenvalue weighted by Gasteiger charge is -2.02. The number of carbonyl (C=O) groups excluding carboxylic acids is 1. The number of nitrogens with two attached hydrogens (primary N) is 1. The first kappa shape index (κ1) is 8.20. The zero-order chi connectivity index (χ0) is 8.43. The monoisotopic (exact) mass is 157 g/mol. The van der Waals surface area contributed by atoms with Crippen molar-refractivity contribution in [1.82, 2.24) is 0 Å². The quantitative estimate of drug-likeness (QED) is 0.590. The van der Waals surface area contributed by atoms with Gasteiger partial charge in [-0.2, -0.15) is 0 Å². The molecule has 1 rings (SSSR count). The van der Waals surface area contributed by atoms with Gasteiger partial charge in [0.25, 0.3) is 0 Å². The van der Waals surface area contributed by atoms with Gasteiger partial charge < -0.3 is 10.8 Å². The Balaban J connectivity index is 2.28. The van der Waals surface area contributed by atoms with Crippen LogP contribution < -0.4 is 5.73 Å². The van der Waals surface area contributed by atoms with E-state index in [0.29, 0.717) is 0 Å². The van der Waals surface area contributed by atoms with Gasteiger partial charge in [0.05, 0.1) is 0 Å². The van der Waals surface area contributed by atoms with E-state index in [0.717, 1.165) is 12.8 Å². The van der Waals surface area contributed by atoms with Crippen LogP contribution in [0.15, 0.2) is 0 Å². The molecule has 11 heavy (non-hydrogen) atoms. The number of ketones is 1. The van der Waals surface area contributed by atoms with Crippen molar-refractivity contribution in [3.8, 4) is 0 Å². The second-order valence-corrected chi connectivity index (χ2v) is 2.89. The normalized spacial score (nSPS) is 19.4. The molecule has 1 atom stereocenters. The van der Waals surface area contributed by atoms with Crippen LogP contribution in [0.1, 0.15) is 19.3 Å². The molecule has 0 spiro atoms. The van der Waals surface area contributed by atoms with Gasteiger partial charge in [0.1, 0.15) is 11.8 Å². The molecule has 62 valence electrons. The Bertz CT molecular complexity index is 186. The molecule has 0 aromatic rings. The van der Waals surface area contributed by atoms with Crippen LogP contribution in [-0.4, -0.2) is 22.9 Å². The molecule has 1 aliphatic rings. The first-order valence-electron chi connectivity index (χ1n) is 3.62. The van der Waals surface area contributed by atoms with E-state index in [1.54, 1.807) is 0 Å². The Kier molecular flexibility index (Phi) is 2.24. The Morgan fingerprint density at radius 3 is 2.45 bits per heavy atom. The lowest BCUT2D eigenvalue weighted by atomic mass is 10.1. The summed E-state index contributed by atoms with van der Waals surface area (Å²) in [7, 11) is 0. The number of carboxylic acid groups (broad SMARTS) is 1. The molecule has 1 saturated carbocycles. The molecular weight excluding hydrogens is 146 g/mol. The largest absolute Gasteiger partial charge is 0.480 e. The van der Waals surface area contributed by atoms with E-state index in [2.05, 4.69) is 0 Å². The third-order valence-corrected chi connectivity index (χ3v) is 1.77. The van der Waals surface area contributed by atoms with Crippen LogP contribution in [0.3, 0.4) is 0 Å². The van der Waals surface area contributed by atoms with E-state index in [9.17, 15) is 9.59 Å². The molecule has 0 aromatic heterocycles. The van der Waals surface area contributed by atoms with Gasteiger partial charge in [0.2, 0.25) is 0 Å². The molecule has 4 nitrogen and oxygen atoms in total. The number of hydrogen-bond acceptors (Lipinski definition) is 3. The number of Topliss-reactive ketones (excluding diaryl/α,β-unsaturated/α-hetero) is 1. The molecular formula is C7H11NO3. The van der Waals surface area contributed by atoms with Crippen molar-refractivity contribution in [2.24, 2.45) is 11.7 Å². The topological polar surface area (TPSA) is 80.4 Å². The summed E-state index contributed by atoms with van der Waals surface area (Å²) in [5, 5.41) is 8.36. The summed E-state index contributed by atoms with van der Waals surface area (Å²) in [6, 6.07) is -1.01. The van der Waals surface area contributed by atoms with Gasteiger partial charge >= 0.3 is 5.97 Å². The van der Waals surface area contributed by atoms with Crippen molar-refractivity contribution in [3.05, 3.63) is 0 Å². The van der Waals surface area contributed by atoms with Crippen LogP contribution in [0.5, 0.6) is 0 Å². The average Bonchev–Trinajstić information content (AvgIpc) is 2.67. The Labute approximate surface area is 64.4 Å². The predicted octanol–water partition coefficient (Wildman–Crippen LogP) is -0.233. The average molecular weight is 157 g/mol. The molecule has 0 bridgehead atoms. The summed E-state index contributed by atoms with van der Waals surface area (Å²) in [5.74, 6) is -0.987. The molecule has 4 heteroatoms. The van der Waals surface area contributed by atoms with Crippen molar-refractivity contribution >= 4 is 11.8 Å². The highest BCUT2D eigenvalue weighted by molar-refractivity contribution is 5.88. The number of carbonyl (C=O) groups is 2. The van der Waals surface area contributed by atoms with Crippen LogP contribution in [0.4, 0.5) is 0 Å². The summed E-state index contributed by atoms with van der Waals surface area (Å²) < 4.78 is 0. The fourth-order valence-corrected chi connectivity index (χ4v) is 0.876. The summed E-state index contributed by atoms with van der Waals surface area (Å²) in [6.45, 7) is 0. The van der Waals surface area contributed by atoms with Gasteiger partial charge in [-0.25, -0.2) is 0 Å². The van der Waals surface area contributed by atoms with Gasteiger partial charge in [-0.05, 0) is 12.8 Å². The fraction of sp³-hybridized carbons (Fsp3) is 0.714. The summed E-state index contributed by atoms with van der Waals surface area (Å²) in [6.07, 6.45) is 1.80. The van der Waals surface area contributed by atoms with E-state index in [4.69, 9.17) is 10.8 Å². The van der Waals surface area contributed by atoms with Crippen LogP contribution in [0.2, 0.25) is 0 Å². The summed E-state index contributed by atoms with van der Waals surface area (Å²) in [4.78, 5) is 21.2. The molecule has 1 fully saturated rings. The van der Waals surface area contributed by atoms with Crippen molar-refractivity contribution in [2.75, 3.05) is 0 Å². The van der Waals surface area contributed by atoms with E-state index >= 15 is 0 Å². The van der Waals surface area contributed by atoms with Crippen molar-refractivity contribution in [2.45, 2.75) is 25.3 Å². The zero-order valence-electron chi connectivity index (χ0n) is 6.12. The third kappa shape index (κ3) is 2.31. The standard InChI is InChI=1S/C7H11NO3/c8-5(7(10)11)3-6(9)4-1-2-4/h4-5H,1-3,8H2,(H,10,11)/t5-/m0/s1. The molecule has 0 heterocycles. The maximum absolute atomic E-state index is 11.0. The minimum Gasteiger partial charge on any atom is -0.480 e. The molecule has 0 saturated heterocycles. The Hall–Kier alpha value is -0.900. The number of hydrogen-bond donors (Lipinski definition) is 2. The molecule has 0 unspecified atom stereocenters. The van der Waals surface area contributed by atoms with Crippen LogP contribution >= 0.6 is 0 Å². The van der Waals surface area contributed by atoms with Crippen LogP contribution in [0, 0.1) is 5.92 Å². The summed E-state index contributed by atoms with van der Waals surface area (Å²) in [5.41, 5.74) is 5.16. The third-order valence-electron chi connectivity index (χ3n) is 1.77. The fourth-order valence-electron chi connectivity index (χ4n) is 0.876. The van der Waals surface area contributed by atoms with Crippen LogP contribution in [0.25, 0.3) is 0 Å². The number of carboxylic acids is 1. The van der Waals surface area contributed by atoms with Gasteiger partial charge in [-0.3, -0.25) is 9.59 Å². The lowest BCUT2D eigenvalue weighted by molar-refractivity contribution is -0.140. The first-order chi connectivity index (χ1) is 5.11. The first-order valence-corrected chi connectivity index (χ1v) is 3.62. The highest BCUT2D eigenvalue weighted by Gasteiger charge is 2.31. The minimum absolute atomic E-state index is 0.0000926. The van der Waals surface area contributed by atoms with Gasteiger partial charge in [-0.1, -0.05) is 0 Å². The van der Waals surface area contributed by atoms with E-state index in [-0.39, 0.29) is 18.1 Å². The van der Waals surface area contributed by atoms with E-state index in [1.807, 2.05) is 0 Å². The summed E-state index contributed by atoms with van der Waals surface area (Å²) >= 11 is 0. The van der Waals surface area contributed by atoms with Crippen molar-refractivity contribution in [3.63, 3.8) is 0 Å². The van der Waals surface area contributed by atoms with Crippen molar-refractivity contribution in [1.29, 1.82) is 0 Å². The smallest absolute Gasteiger partial charge is 0.320 e. The molecule has 0 aromatic carbocycles.